The highest BCUT2D eigenvalue weighted by Gasteiger charge is 2.14. The van der Waals surface area contributed by atoms with Crippen LogP contribution in [0, 0.1) is 0 Å². The second-order valence-electron chi connectivity index (χ2n) is 4.82. The van der Waals surface area contributed by atoms with Crippen LogP contribution in [-0.2, 0) is 4.74 Å². The maximum absolute atomic E-state index is 11.9. The predicted octanol–water partition coefficient (Wildman–Crippen LogP) is 4.26. The van der Waals surface area contributed by atoms with E-state index in [1.807, 2.05) is 42.5 Å². The molecule has 0 bridgehead atoms. The summed E-state index contributed by atoms with van der Waals surface area (Å²) in [5.74, 6) is 0.128. The summed E-state index contributed by atoms with van der Waals surface area (Å²) >= 11 is 0. The van der Waals surface area contributed by atoms with E-state index in [9.17, 15) is 4.79 Å². The molecule has 0 aliphatic carbocycles. The first kappa shape index (κ1) is 13.3. The van der Waals surface area contributed by atoms with Crippen molar-refractivity contribution in [1.29, 1.82) is 0 Å². The maximum Gasteiger partial charge on any atom is 0.338 e. The lowest BCUT2D eigenvalue weighted by Crippen LogP contribution is -2.04. The molecule has 0 unspecified atom stereocenters. The van der Waals surface area contributed by atoms with Crippen molar-refractivity contribution < 1.29 is 9.53 Å². The minimum Gasteiger partial charge on any atom is -0.465 e. The molecular weight excluding hydrogens is 236 g/mol. The van der Waals surface area contributed by atoms with Crippen LogP contribution in [0.15, 0.2) is 48.5 Å². The fourth-order valence-electron chi connectivity index (χ4n) is 2.07. The first-order chi connectivity index (χ1) is 9.13. The zero-order valence-electron chi connectivity index (χ0n) is 11.5. The first-order valence-corrected chi connectivity index (χ1v) is 6.41. The number of ether oxygens (including phenoxy) is 1. The number of hydrogen-bond acceptors (Lipinski definition) is 2. The Kier molecular flexibility index (Phi) is 4.00. The number of carbonyl (C=O) groups is 1. The monoisotopic (exact) mass is 254 g/mol. The van der Waals surface area contributed by atoms with E-state index < -0.39 is 0 Å². The fourth-order valence-corrected chi connectivity index (χ4v) is 2.07. The van der Waals surface area contributed by atoms with Crippen LogP contribution >= 0.6 is 0 Å². The minimum absolute atomic E-state index is 0.297. The molecule has 2 nitrogen and oxygen atoms in total. The van der Waals surface area contributed by atoms with Gasteiger partial charge in [0.15, 0.2) is 0 Å². The van der Waals surface area contributed by atoms with Crippen LogP contribution < -0.4 is 0 Å². The lowest BCUT2D eigenvalue weighted by Gasteiger charge is -2.12. The summed E-state index contributed by atoms with van der Waals surface area (Å²) in [7, 11) is 1.41. The summed E-state index contributed by atoms with van der Waals surface area (Å²) in [4.78, 5) is 11.9. The van der Waals surface area contributed by atoms with Crippen LogP contribution in [0.4, 0.5) is 0 Å². The van der Waals surface area contributed by atoms with Crippen molar-refractivity contribution in [3.8, 4) is 11.1 Å². The lowest BCUT2D eigenvalue weighted by atomic mass is 9.93. The SMILES string of the molecule is COC(=O)c1ccc(C(C)C)cc1-c1ccccc1. The zero-order chi connectivity index (χ0) is 13.8. The van der Waals surface area contributed by atoms with Crippen molar-refractivity contribution in [2.75, 3.05) is 7.11 Å². The third-order valence-electron chi connectivity index (χ3n) is 3.20. The molecule has 2 heteroatoms. The molecule has 0 N–H and O–H groups in total. The van der Waals surface area contributed by atoms with Crippen LogP contribution in [0.25, 0.3) is 11.1 Å². The van der Waals surface area contributed by atoms with Crippen molar-refractivity contribution >= 4 is 5.97 Å². The van der Waals surface area contributed by atoms with E-state index >= 15 is 0 Å². The van der Waals surface area contributed by atoms with Crippen molar-refractivity contribution in [3.05, 3.63) is 59.7 Å². The van der Waals surface area contributed by atoms with Gasteiger partial charge in [-0.25, -0.2) is 4.79 Å². The number of rotatable bonds is 3. The Balaban J connectivity index is 2.60. The standard InChI is InChI=1S/C17H18O2/c1-12(2)14-9-10-15(17(18)19-3)16(11-14)13-7-5-4-6-8-13/h4-12H,1-3H3. The minimum atomic E-state index is -0.297. The summed E-state index contributed by atoms with van der Waals surface area (Å²) in [5, 5.41) is 0. The van der Waals surface area contributed by atoms with Gasteiger partial charge in [0.05, 0.1) is 12.7 Å². The average molecular weight is 254 g/mol. The largest absolute Gasteiger partial charge is 0.465 e. The summed E-state index contributed by atoms with van der Waals surface area (Å²) in [5.41, 5.74) is 3.79. The Hall–Kier alpha value is -2.09. The van der Waals surface area contributed by atoms with E-state index in [2.05, 4.69) is 19.9 Å². The molecule has 0 radical (unpaired) electrons. The Bertz CT molecular complexity index is 571. The second-order valence-corrected chi connectivity index (χ2v) is 4.82. The van der Waals surface area contributed by atoms with E-state index in [-0.39, 0.29) is 5.97 Å². The van der Waals surface area contributed by atoms with Gasteiger partial charge in [-0.05, 0) is 28.7 Å². The Labute approximate surface area is 114 Å². The van der Waals surface area contributed by atoms with Crippen LogP contribution in [0.5, 0.6) is 0 Å². The summed E-state index contributed by atoms with van der Waals surface area (Å²) < 4.78 is 4.86. The Morgan fingerprint density at radius 1 is 1.05 bits per heavy atom. The first-order valence-electron chi connectivity index (χ1n) is 6.41. The molecule has 2 aromatic rings. The topological polar surface area (TPSA) is 26.3 Å². The molecule has 0 saturated heterocycles. The molecule has 0 aliphatic rings. The zero-order valence-corrected chi connectivity index (χ0v) is 11.5. The Morgan fingerprint density at radius 2 is 1.74 bits per heavy atom. The van der Waals surface area contributed by atoms with Crippen LogP contribution in [0.2, 0.25) is 0 Å². The number of methoxy groups -OCH3 is 1. The number of carbonyl (C=O) groups excluding carboxylic acids is 1. The van der Waals surface area contributed by atoms with Crippen molar-refractivity contribution in [2.24, 2.45) is 0 Å². The van der Waals surface area contributed by atoms with E-state index in [1.165, 1.54) is 12.7 Å². The molecule has 98 valence electrons. The van der Waals surface area contributed by atoms with Gasteiger partial charge < -0.3 is 4.74 Å². The third kappa shape index (κ3) is 2.84. The normalized spacial score (nSPS) is 10.5. The Morgan fingerprint density at radius 3 is 2.32 bits per heavy atom. The van der Waals surface area contributed by atoms with Gasteiger partial charge in [0.2, 0.25) is 0 Å². The highest BCUT2D eigenvalue weighted by molar-refractivity contribution is 5.97. The smallest absolute Gasteiger partial charge is 0.338 e. The molecule has 0 atom stereocenters. The molecular formula is C17H18O2. The maximum atomic E-state index is 11.9. The third-order valence-corrected chi connectivity index (χ3v) is 3.20. The van der Waals surface area contributed by atoms with E-state index in [0.29, 0.717) is 11.5 Å². The van der Waals surface area contributed by atoms with Crippen molar-refractivity contribution in [1.82, 2.24) is 0 Å². The summed E-state index contributed by atoms with van der Waals surface area (Å²) in [6.07, 6.45) is 0. The molecule has 2 aromatic carbocycles. The van der Waals surface area contributed by atoms with E-state index in [4.69, 9.17) is 4.74 Å². The summed E-state index contributed by atoms with van der Waals surface area (Å²) in [6, 6.07) is 15.8. The fraction of sp³-hybridized carbons (Fsp3) is 0.235. The van der Waals surface area contributed by atoms with Crippen LogP contribution in [0.1, 0.15) is 35.7 Å². The van der Waals surface area contributed by atoms with Gasteiger partial charge in [-0.2, -0.15) is 0 Å². The lowest BCUT2D eigenvalue weighted by molar-refractivity contribution is 0.0601. The van der Waals surface area contributed by atoms with Crippen molar-refractivity contribution in [2.45, 2.75) is 19.8 Å². The molecule has 0 heterocycles. The predicted molar refractivity (Wildman–Crippen MR) is 77.3 cm³/mol. The van der Waals surface area contributed by atoms with E-state index in [1.54, 1.807) is 0 Å². The van der Waals surface area contributed by atoms with Crippen LogP contribution in [0.3, 0.4) is 0 Å². The van der Waals surface area contributed by atoms with Gasteiger partial charge in [-0.1, -0.05) is 56.3 Å². The molecule has 0 saturated carbocycles. The second kappa shape index (κ2) is 5.70. The van der Waals surface area contributed by atoms with Gasteiger partial charge in [0.1, 0.15) is 0 Å². The average Bonchev–Trinajstić information content (AvgIpc) is 2.46. The van der Waals surface area contributed by atoms with Gasteiger partial charge >= 0.3 is 5.97 Å². The molecule has 0 fully saturated rings. The van der Waals surface area contributed by atoms with Gasteiger partial charge in [-0.15, -0.1) is 0 Å². The van der Waals surface area contributed by atoms with Gasteiger partial charge in [-0.3, -0.25) is 0 Å². The highest BCUT2D eigenvalue weighted by atomic mass is 16.5. The molecule has 0 amide bonds. The number of hydrogen-bond donors (Lipinski definition) is 0. The molecule has 0 aliphatic heterocycles. The van der Waals surface area contributed by atoms with Gasteiger partial charge in [0, 0.05) is 0 Å². The summed E-state index contributed by atoms with van der Waals surface area (Å²) in [6.45, 7) is 4.28. The van der Waals surface area contributed by atoms with E-state index in [0.717, 1.165) is 11.1 Å². The molecule has 0 aromatic heterocycles. The van der Waals surface area contributed by atoms with Crippen molar-refractivity contribution in [3.63, 3.8) is 0 Å². The van der Waals surface area contributed by atoms with Crippen LogP contribution in [-0.4, -0.2) is 13.1 Å². The number of benzene rings is 2. The molecule has 2 rings (SSSR count). The quantitative estimate of drug-likeness (QED) is 0.765. The highest BCUT2D eigenvalue weighted by Crippen LogP contribution is 2.28. The van der Waals surface area contributed by atoms with Gasteiger partial charge in [0.25, 0.3) is 0 Å². The number of esters is 1. The molecule has 19 heavy (non-hydrogen) atoms. The molecule has 0 spiro atoms.